The lowest BCUT2D eigenvalue weighted by Gasteiger charge is -2.32. The van der Waals surface area contributed by atoms with E-state index in [0.717, 1.165) is 121 Å². The molecule has 0 bridgehead atoms. The van der Waals surface area contributed by atoms with Gasteiger partial charge in [-0.2, -0.15) is 0 Å². The van der Waals surface area contributed by atoms with Crippen LogP contribution in [0.25, 0.3) is 22.1 Å². The Morgan fingerprint density at radius 3 is 1.75 bits per heavy atom. The number of benzene rings is 3. The zero-order valence-electron chi connectivity index (χ0n) is 32.1. The molecule has 5 aromatic rings. The molecule has 3 aromatic carbocycles. The van der Waals surface area contributed by atoms with Gasteiger partial charge in [-0.1, -0.05) is 15.9 Å². The van der Waals surface area contributed by atoms with Crippen molar-refractivity contribution < 1.29 is 18.9 Å². The summed E-state index contributed by atoms with van der Waals surface area (Å²) in [5.41, 5.74) is 10.2. The zero-order chi connectivity index (χ0) is 39.0. The predicted octanol–water partition coefficient (Wildman–Crippen LogP) is 4.02. The van der Waals surface area contributed by atoms with Crippen LogP contribution in [0.2, 0.25) is 0 Å². The average Bonchev–Trinajstić information content (AvgIpc) is 3.23. The van der Waals surface area contributed by atoms with Crippen molar-refractivity contribution in [1.29, 1.82) is 0 Å². The Kier molecular flexibility index (Phi) is 13.2. The fraction of sp³-hybridized carbons (Fsp3) is 0.463. The third kappa shape index (κ3) is 9.69. The second-order valence-corrected chi connectivity index (χ2v) is 15.3. The molecule has 14 nitrogen and oxygen atoms in total. The number of ether oxygens (including phenoxy) is 4. The van der Waals surface area contributed by atoms with Crippen LogP contribution in [-0.2, 0) is 19.6 Å². The highest BCUT2D eigenvalue weighted by Crippen LogP contribution is 2.35. The summed E-state index contributed by atoms with van der Waals surface area (Å²) in [6.07, 6.45) is 6.99. The van der Waals surface area contributed by atoms with Crippen LogP contribution in [-0.4, -0.2) is 108 Å². The van der Waals surface area contributed by atoms with Crippen molar-refractivity contribution in [3.63, 3.8) is 0 Å². The molecular weight excluding hydrogens is 780 g/mol. The topological polar surface area (TPSA) is 151 Å². The number of methoxy groups -OCH3 is 2. The molecule has 3 aliphatic heterocycles. The number of rotatable bonds is 11. The molecule has 5 heterocycles. The molecule has 0 spiro atoms. The van der Waals surface area contributed by atoms with E-state index in [9.17, 15) is 9.59 Å². The van der Waals surface area contributed by atoms with E-state index in [1.807, 2.05) is 42.5 Å². The molecule has 0 atom stereocenters. The van der Waals surface area contributed by atoms with E-state index in [2.05, 4.69) is 47.1 Å². The number of nitrogens with two attached hydrogens (primary N) is 1. The third-order valence-corrected chi connectivity index (χ3v) is 11.6. The van der Waals surface area contributed by atoms with Crippen LogP contribution < -0.4 is 41.1 Å². The van der Waals surface area contributed by atoms with Crippen molar-refractivity contribution in [2.45, 2.75) is 57.4 Å². The Bertz CT molecular complexity index is 2230. The van der Waals surface area contributed by atoms with Crippen LogP contribution in [0.15, 0.2) is 75.0 Å². The maximum absolute atomic E-state index is 12.5. The number of hydrogen-bond donors (Lipinski definition) is 2. The summed E-state index contributed by atoms with van der Waals surface area (Å²) in [7, 11) is 3.25. The SMILES string of the molecule is COc1ccc2ncc(=O)n(CCN3CCC(N)CC3)c2c1.COc1ccc2ncc(=O)n(CCN3CCC(NCc4cc5c(cc4Br)OCCO5)CC3)c2c1. The summed E-state index contributed by atoms with van der Waals surface area (Å²) in [5.74, 6) is 3.08. The molecule has 56 heavy (non-hydrogen) atoms. The number of fused-ring (bicyclic) bond motifs is 3. The Balaban J connectivity index is 0.000000189. The maximum atomic E-state index is 12.5. The van der Waals surface area contributed by atoms with Gasteiger partial charge in [0, 0.05) is 61.4 Å². The highest BCUT2D eigenvalue weighted by atomic mass is 79.9. The summed E-state index contributed by atoms with van der Waals surface area (Å²) in [6, 6.07) is 16.1. The van der Waals surface area contributed by atoms with Gasteiger partial charge < -0.3 is 48.9 Å². The average molecular weight is 832 g/mol. The molecule has 0 amide bonds. The van der Waals surface area contributed by atoms with Gasteiger partial charge in [-0.15, -0.1) is 0 Å². The number of halogens is 1. The fourth-order valence-corrected chi connectivity index (χ4v) is 7.98. The Morgan fingerprint density at radius 2 is 1.23 bits per heavy atom. The zero-order valence-corrected chi connectivity index (χ0v) is 33.7. The highest BCUT2D eigenvalue weighted by molar-refractivity contribution is 9.10. The lowest BCUT2D eigenvalue weighted by molar-refractivity contribution is 0.171. The second kappa shape index (κ2) is 18.6. The second-order valence-electron chi connectivity index (χ2n) is 14.5. The van der Waals surface area contributed by atoms with Gasteiger partial charge in [-0.25, -0.2) is 9.97 Å². The van der Waals surface area contributed by atoms with E-state index in [4.69, 9.17) is 24.7 Å². The third-order valence-electron chi connectivity index (χ3n) is 10.9. The molecule has 298 valence electrons. The van der Waals surface area contributed by atoms with Crippen molar-refractivity contribution in [1.82, 2.24) is 34.2 Å². The van der Waals surface area contributed by atoms with Crippen LogP contribution in [0.5, 0.6) is 23.0 Å². The van der Waals surface area contributed by atoms with Gasteiger partial charge >= 0.3 is 0 Å². The van der Waals surface area contributed by atoms with E-state index >= 15 is 0 Å². The number of piperidine rings is 2. The Hall–Kier alpha value is -4.54. The quantitative estimate of drug-likeness (QED) is 0.198. The van der Waals surface area contributed by atoms with E-state index in [1.165, 1.54) is 18.0 Å². The number of likely N-dealkylation sites (tertiary alicyclic amines) is 2. The molecule has 3 aliphatic rings. The van der Waals surface area contributed by atoms with Crippen molar-refractivity contribution in [3.05, 3.63) is 91.7 Å². The van der Waals surface area contributed by atoms with Crippen LogP contribution >= 0.6 is 15.9 Å². The van der Waals surface area contributed by atoms with E-state index in [1.54, 1.807) is 23.4 Å². The van der Waals surface area contributed by atoms with Crippen LogP contribution in [0.4, 0.5) is 0 Å². The Morgan fingerprint density at radius 1 is 0.732 bits per heavy atom. The number of nitrogens with one attached hydrogen (secondary N) is 1. The van der Waals surface area contributed by atoms with Crippen LogP contribution in [0, 0.1) is 0 Å². The lowest BCUT2D eigenvalue weighted by atomic mass is 10.0. The first-order chi connectivity index (χ1) is 27.3. The number of aromatic nitrogens is 4. The molecule has 2 saturated heterocycles. The Labute approximate surface area is 334 Å². The lowest BCUT2D eigenvalue weighted by Crippen LogP contribution is -2.43. The smallest absolute Gasteiger partial charge is 0.269 e. The van der Waals surface area contributed by atoms with Gasteiger partial charge in [-0.3, -0.25) is 9.59 Å². The highest BCUT2D eigenvalue weighted by Gasteiger charge is 2.21. The van der Waals surface area contributed by atoms with Gasteiger partial charge in [0.2, 0.25) is 0 Å². The van der Waals surface area contributed by atoms with Crippen molar-refractivity contribution >= 4 is 38.0 Å². The summed E-state index contributed by atoms with van der Waals surface area (Å²) in [6.45, 7) is 8.94. The molecule has 0 radical (unpaired) electrons. The van der Waals surface area contributed by atoms with Crippen LogP contribution in [0.1, 0.15) is 31.2 Å². The van der Waals surface area contributed by atoms with Crippen molar-refractivity contribution in [2.75, 3.05) is 66.7 Å². The summed E-state index contributed by atoms with van der Waals surface area (Å²) in [5, 5.41) is 3.70. The van der Waals surface area contributed by atoms with Crippen molar-refractivity contribution in [3.8, 4) is 23.0 Å². The van der Waals surface area contributed by atoms with Crippen molar-refractivity contribution in [2.24, 2.45) is 5.73 Å². The minimum absolute atomic E-state index is 0.0746. The molecule has 2 fully saturated rings. The van der Waals surface area contributed by atoms with Gasteiger partial charge in [0.1, 0.15) is 24.7 Å². The summed E-state index contributed by atoms with van der Waals surface area (Å²) < 4.78 is 26.6. The number of hydrogen-bond acceptors (Lipinski definition) is 12. The molecule has 2 aromatic heterocycles. The van der Waals surface area contributed by atoms with Gasteiger partial charge in [0.25, 0.3) is 11.1 Å². The molecular formula is C41H51BrN8O6. The standard InChI is InChI=1S/C25H29BrN4O4.C16H22N4O2/c1-32-19-2-3-21-22(13-19)30(25(31)16-28-21)9-8-29-6-4-18(5-7-29)27-15-17-12-23-24(14-20(17)26)34-11-10-33-23;1-22-13-2-3-14-15(10-13)20(16(21)11-18-14)9-8-19-6-4-12(17)5-7-19/h2-3,12-14,16,18,27H,4-11,15H2,1H3;2-3,10-12H,4-9,17H2,1H3. The molecule has 0 aliphatic carbocycles. The largest absolute Gasteiger partial charge is 0.497 e. The minimum atomic E-state index is -0.0812. The van der Waals surface area contributed by atoms with Gasteiger partial charge in [0.05, 0.1) is 48.7 Å². The normalized spacial score (nSPS) is 16.8. The monoisotopic (exact) mass is 830 g/mol. The molecule has 3 N–H and O–H groups in total. The predicted molar refractivity (Wildman–Crippen MR) is 220 cm³/mol. The summed E-state index contributed by atoms with van der Waals surface area (Å²) >= 11 is 3.66. The van der Waals surface area contributed by atoms with E-state index in [-0.39, 0.29) is 11.1 Å². The first-order valence-electron chi connectivity index (χ1n) is 19.4. The number of nitrogens with zero attached hydrogens (tertiary/aromatic N) is 6. The fourth-order valence-electron chi connectivity index (χ4n) is 7.51. The van der Waals surface area contributed by atoms with Crippen LogP contribution in [0.3, 0.4) is 0 Å². The molecule has 8 rings (SSSR count). The van der Waals surface area contributed by atoms with Gasteiger partial charge in [-0.05, 0) is 93.8 Å². The van der Waals surface area contributed by atoms with E-state index in [0.29, 0.717) is 38.4 Å². The van der Waals surface area contributed by atoms with Gasteiger partial charge in [0.15, 0.2) is 11.5 Å². The van der Waals surface area contributed by atoms with E-state index < -0.39 is 0 Å². The first-order valence-corrected chi connectivity index (χ1v) is 20.2. The molecule has 15 heteroatoms. The first kappa shape index (κ1) is 39.7. The molecule has 0 unspecified atom stereocenters. The minimum Gasteiger partial charge on any atom is -0.497 e. The maximum Gasteiger partial charge on any atom is 0.269 e. The molecule has 0 saturated carbocycles. The summed E-state index contributed by atoms with van der Waals surface area (Å²) in [4.78, 5) is 37.9.